The summed E-state index contributed by atoms with van der Waals surface area (Å²) in [7, 11) is 0. The third-order valence-corrected chi connectivity index (χ3v) is 2.73. The van der Waals surface area contributed by atoms with Crippen molar-refractivity contribution in [1.82, 2.24) is 4.98 Å². The van der Waals surface area contributed by atoms with Crippen LogP contribution < -0.4 is 0 Å². The van der Waals surface area contributed by atoms with Gasteiger partial charge in [-0.3, -0.25) is 4.79 Å². The molecule has 1 aromatic carbocycles. The number of alkyl halides is 3. The third-order valence-electron chi connectivity index (χ3n) is 2.53. The second-order valence-corrected chi connectivity index (χ2v) is 4.28. The first-order valence-electron chi connectivity index (χ1n) is 5.32. The molecule has 2 aromatic rings. The fraction of sp³-hybridized carbons (Fsp3) is 0.0769. The Labute approximate surface area is 116 Å². The van der Waals surface area contributed by atoms with E-state index in [9.17, 15) is 22.4 Å². The highest BCUT2D eigenvalue weighted by Gasteiger charge is 2.34. The number of benzene rings is 1. The summed E-state index contributed by atoms with van der Waals surface area (Å²) in [5.74, 6) is -2.13. The van der Waals surface area contributed by atoms with Crippen LogP contribution in [0.25, 0.3) is 0 Å². The van der Waals surface area contributed by atoms with E-state index in [1.54, 1.807) is 0 Å². The standard InChI is InChI=1S/C13H6ClF4NO/c14-11-6-8(3-4-19-11)12(20)7-1-2-9(10(15)5-7)13(16,17)18/h1-6H. The van der Waals surface area contributed by atoms with E-state index in [1.165, 1.54) is 18.3 Å². The van der Waals surface area contributed by atoms with Crippen LogP contribution in [0.1, 0.15) is 21.5 Å². The minimum absolute atomic E-state index is 0.0585. The zero-order chi connectivity index (χ0) is 14.9. The Hall–Kier alpha value is -1.95. The van der Waals surface area contributed by atoms with Gasteiger partial charge in [-0.25, -0.2) is 9.37 Å². The van der Waals surface area contributed by atoms with Gasteiger partial charge >= 0.3 is 6.18 Å². The Morgan fingerprint density at radius 2 is 1.75 bits per heavy atom. The van der Waals surface area contributed by atoms with Crippen LogP contribution in [-0.4, -0.2) is 10.8 Å². The zero-order valence-corrected chi connectivity index (χ0v) is 10.5. The number of ketones is 1. The maximum atomic E-state index is 13.4. The predicted molar refractivity (Wildman–Crippen MR) is 64.1 cm³/mol. The van der Waals surface area contributed by atoms with Crippen LogP contribution in [0.2, 0.25) is 5.15 Å². The van der Waals surface area contributed by atoms with E-state index < -0.39 is 23.3 Å². The van der Waals surface area contributed by atoms with E-state index in [4.69, 9.17) is 11.6 Å². The topological polar surface area (TPSA) is 30.0 Å². The molecular formula is C13H6ClF4NO. The average Bonchev–Trinajstić information content (AvgIpc) is 2.36. The fourth-order valence-electron chi connectivity index (χ4n) is 1.60. The Balaban J connectivity index is 2.40. The van der Waals surface area contributed by atoms with Crippen molar-refractivity contribution in [2.24, 2.45) is 0 Å². The van der Waals surface area contributed by atoms with Crippen LogP contribution in [0, 0.1) is 5.82 Å². The molecule has 0 aliphatic heterocycles. The van der Waals surface area contributed by atoms with Crippen molar-refractivity contribution < 1.29 is 22.4 Å². The summed E-state index contributed by atoms with van der Waals surface area (Å²) >= 11 is 5.61. The lowest BCUT2D eigenvalue weighted by Gasteiger charge is -2.09. The SMILES string of the molecule is O=C(c1ccnc(Cl)c1)c1ccc(C(F)(F)F)c(F)c1. The van der Waals surface area contributed by atoms with E-state index in [1.807, 2.05) is 0 Å². The molecule has 0 bridgehead atoms. The third kappa shape index (κ3) is 2.96. The number of aromatic nitrogens is 1. The van der Waals surface area contributed by atoms with Crippen molar-refractivity contribution in [1.29, 1.82) is 0 Å². The quantitative estimate of drug-likeness (QED) is 0.474. The first kappa shape index (κ1) is 14.5. The number of halogens is 5. The monoisotopic (exact) mass is 303 g/mol. The molecule has 0 aliphatic carbocycles. The molecule has 7 heteroatoms. The highest BCUT2D eigenvalue weighted by atomic mass is 35.5. The minimum Gasteiger partial charge on any atom is -0.289 e. The van der Waals surface area contributed by atoms with Gasteiger partial charge in [0, 0.05) is 17.3 Å². The smallest absolute Gasteiger partial charge is 0.289 e. The average molecular weight is 304 g/mol. The summed E-state index contributed by atoms with van der Waals surface area (Å²) in [6, 6.07) is 4.59. The fourth-order valence-corrected chi connectivity index (χ4v) is 1.77. The summed E-state index contributed by atoms with van der Waals surface area (Å²) < 4.78 is 50.6. The van der Waals surface area contributed by atoms with Gasteiger partial charge in [0.1, 0.15) is 11.0 Å². The molecule has 104 valence electrons. The van der Waals surface area contributed by atoms with Crippen molar-refractivity contribution in [3.63, 3.8) is 0 Å². The molecular weight excluding hydrogens is 298 g/mol. The van der Waals surface area contributed by atoms with Crippen LogP contribution in [-0.2, 0) is 6.18 Å². The van der Waals surface area contributed by atoms with Gasteiger partial charge in [-0.2, -0.15) is 13.2 Å². The Bertz CT molecular complexity index is 670. The number of hydrogen-bond donors (Lipinski definition) is 0. The van der Waals surface area contributed by atoms with Crippen molar-refractivity contribution in [3.8, 4) is 0 Å². The summed E-state index contributed by atoms with van der Waals surface area (Å²) in [4.78, 5) is 15.6. The molecule has 2 nitrogen and oxygen atoms in total. The number of nitrogens with zero attached hydrogens (tertiary/aromatic N) is 1. The first-order chi connectivity index (χ1) is 9.29. The highest BCUT2D eigenvalue weighted by molar-refractivity contribution is 6.29. The predicted octanol–water partition coefficient (Wildman–Crippen LogP) is 4.12. The number of carbonyl (C=O) groups excluding carboxylic acids is 1. The molecule has 0 radical (unpaired) electrons. The number of carbonyl (C=O) groups is 1. The Morgan fingerprint density at radius 1 is 1.10 bits per heavy atom. The van der Waals surface area contributed by atoms with Gasteiger partial charge in [-0.15, -0.1) is 0 Å². The van der Waals surface area contributed by atoms with Gasteiger partial charge in [0.25, 0.3) is 0 Å². The molecule has 0 fully saturated rings. The first-order valence-corrected chi connectivity index (χ1v) is 5.70. The molecule has 0 saturated carbocycles. The lowest BCUT2D eigenvalue weighted by molar-refractivity contribution is -0.140. The second kappa shape index (κ2) is 5.20. The summed E-state index contributed by atoms with van der Waals surface area (Å²) in [6.45, 7) is 0. The van der Waals surface area contributed by atoms with Crippen molar-refractivity contribution in [2.45, 2.75) is 6.18 Å². The van der Waals surface area contributed by atoms with Crippen molar-refractivity contribution in [2.75, 3.05) is 0 Å². The van der Waals surface area contributed by atoms with Gasteiger partial charge in [0.05, 0.1) is 5.56 Å². The second-order valence-electron chi connectivity index (χ2n) is 3.89. The van der Waals surface area contributed by atoms with Gasteiger partial charge in [0.15, 0.2) is 5.78 Å². The van der Waals surface area contributed by atoms with Crippen LogP contribution in [0.4, 0.5) is 17.6 Å². The van der Waals surface area contributed by atoms with Gasteiger partial charge in [-0.05, 0) is 24.3 Å². The summed E-state index contributed by atoms with van der Waals surface area (Å²) in [5.41, 5.74) is -1.50. The molecule has 2 rings (SSSR count). The molecule has 0 spiro atoms. The molecule has 0 unspecified atom stereocenters. The zero-order valence-electron chi connectivity index (χ0n) is 9.71. The molecule has 0 N–H and O–H groups in total. The molecule has 1 aromatic heterocycles. The number of rotatable bonds is 2. The van der Waals surface area contributed by atoms with Crippen LogP contribution in [0.15, 0.2) is 36.5 Å². The van der Waals surface area contributed by atoms with E-state index in [0.29, 0.717) is 12.1 Å². The van der Waals surface area contributed by atoms with E-state index in [-0.39, 0.29) is 16.3 Å². The molecule has 0 atom stereocenters. The van der Waals surface area contributed by atoms with Crippen molar-refractivity contribution in [3.05, 3.63) is 64.2 Å². The van der Waals surface area contributed by atoms with Gasteiger partial charge in [0.2, 0.25) is 0 Å². The molecule has 0 amide bonds. The van der Waals surface area contributed by atoms with E-state index in [2.05, 4.69) is 4.98 Å². The molecule has 20 heavy (non-hydrogen) atoms. The lowest BCUT2D eigenvalue weighted by Crippen LogP contribution is -2.10. The summed E-state index contributed by atoms with van der Waals surface area (Å²) in [6.07, 6.45) is -3.53. The lowest BCUT2D eigenvalue weighted by atomic mass is 10.0. The Morgan fingerprint density at radius 3 is 2.30 bits per heavy atom. The van der Waals surface area contributed by atoms with Gasteiger partial charge in [-0.1, -0.05) is 17.7 Å². The maximum Gasteiger partial charge on any atom is 0.419 e. The van der Waals surface area contributed by atoms with Gasteiger partial charge < -0.3 is 0 Å². The number of hydrogen-bond acceptors (Lipinski definition) is 2. The Kier molecular flexibility index (Phi) is 3.76. The molecule has 0 saturated heterocycles. The maximum absolute atomic E-state index is 13.4. The van der Waals surface area contributed by atoms with Crippen LogP contribution in [0.5, 0.6) is 0 Å². The van der Waals surface area contributed by atoms with Crippen LogP contribution in [0.3, 0.4) is 0 Å². The normalized spacial score (nSPS) is 11.4. The minimum atomic E-state index is -4.80. The van der Waals surface area contributed by atoms with E-state index in [0.717, 1.165) is 6.07 Å². The highest BCUT2D eigenvalue weighted by Crippen LogP contribution is 2.31. The number of pyridine rings is 1. The van der Waals surface area contributed by atoms with Crippen molar-refractivity contribution >= 4 is 17.4 Å². The molecule has 1 heterocycles. The largest absolute Gasteiger partial charge is 0.419 e. The summed E-state index contributed by atoms with van der Waals surface area (Å²) in [5, 5.41) is 0.0585. The van der Waals surface area contributed by atoms with E-state index >= 15 is 0 Å². The molecule has 0 aliphatic rings. The van der Waals surface area contributed by atoms with Crippen LogP contribution >= 0.6 is 11.6 Å².